The van der Waals surface area contributed by atoms with E-state index in [4.69, 9.17) is 5.73 Å². The first-order valence-corrected chi connectivity index (χ1v) is 5.90. The summed E-state index contributed by atoms with van der Waals surface area (Å²) >= 11 is 0. The van der Waals surface area contributed by atoms with E-state index in [1.165, 1.54) is 0 Å². The number of amides is 1. The molecule has 1 aliphatic carbocycles. The zero-order valence-corrected chi connectivity index (χ0v) is 9.99. The van der Waals surface area contributed by atoms with Crippen LogP contribution in [-0.4, -0.2) is 23.5 Å². The highest BCUT2D eigenvalue weighted by Crippen LogP contribution is 2.18. The molecule has 1 heterocycles. The van der Waals surface area contributed by atoms with Crippen molar-refractivity contribution < 1.29 is 4.79 Å². The zero-order chi connectivity index (χ0) is 12.3. The van der Waals surface area contributed by atoms with Crippen molar-refractivity contribution in [3.05, 3.63) is 17.8 Å². The van der Waals surface area contributed by atoms with Crippen LogP contribution >= 0.6 is 0 Å². The van der Waals surface area contributed by atoms with Gasteiger partial charge in [0.05, 0.1) is 11.9 Å². The molecule has 2 rings (SSSR count). The minimum absolute atomic E-state index is 0.104. The van der Waals surface area contributed by atoms with Crippen LogP contribution in [0.4, 0.5) is 11.5 Å². The van der Waals surface area contributed by atoms with Gasteiger partial charge in [-0.05, 0) is 31.4 Å². The van der Waals surface area contributed by atoms with E-state index < -0.39 is 0 Å². The highest BCUT2D eigenvalue weighted by molar-refractivity contribution is 5.77. The molecule has 1 aromatic heterocycles. The Bertz CT molecular complexity index is 415. The molecule has 1 saturated carbocycles. The number of aromatic nitrogens is 1. The molecule has 4 N–H and O–H groups in total. The van der Waals surface area contributed by atoms with Gasteiger partial charge in [0, 0.05) is 19.0 Å². The van der Waals surface area contributed by atoms with Gasteiger partial charge in [0.1, 0.15) is 5.82 Å². The molecule has 5 heteroatoms. The number of pyridine rings is 1. The second kappa shape index (κ2) is 5.03. The van der Waals surface area contributed by atoms with Crippen molar-refractivity contribution in [3.63, 3.8) is 0 Å². The monoisotopic (exact) mass is 234 g/mol. The van der Waals surface area contributed by atoms with Crippen LogP contribution in [0.5, 0.6) is 0 Å². The lowest BCUT2D eigenvalue weighted by Gasteiger charge is -2.07. The number of rotatable bonds is 5. The quantitative estimate of drug-likeness (QED) is 0.711. The van der Waals surface area contributed by atoms with E-state index in [-0.39, 0.29) is 5.91 Å². The van der Waals surface area contributed by atoms with E-state index in [0.717, 1.165) is 24.2 Å². The number of nitrogens with zero attached hydrogens (tertiary/aromatic N) is 1. The van der Waals surface area contributed by atoms with E-state index in [9.17, 15) is 4.79 Å². The second-order valence-electron chi connectivity index (χ2n) is 4.44. The molecule has 1 aromatic rings. The van der Waals surface area contributed by atoms with Gasteiger partial charge in [-0.15, -0.1) is 0 Å². The molecular weight excluding hydrogens is 216 g/mol. The molecular formula is C12H18N4O. The van der Waals surface area contributed by atoms with Crippen molar-refractivity contribution >= 4 is 17.4 Å². The van der Waals surface area contributed by atoms with Gasteiger partial charge in [-0.2, -0.15) is 0 Å². The Morgan fingerprint density at radius 3 is 3.00 bits per heavy atom. The number of nitrogen functional groups attached to an aromatic ring is 1. The zero-order valence-electron chi connectivity index (χ0n) is 9.99. The molecule has 0 aromatic carbocycles. The molecule has 1 aliphatic rings. The maximum absolute atomic E-state index is 11.4. The predicted octanol–water partition coefficient (Wildman–Crippen LogP) is 1.05. The highest BCUT2D eigenvalue weighted by Gasteiger charge is 2.22. The Morgan fingerprint density at radius 1 is 1.59 bits per heavy atom. The Labute approximate surface area is 101 Å². The number of carbonyl (C=O) groups is 1. The van der Waals surface area contributed by atoms with E-state index in [1.807, 2.05) is 13.0 Å². The molecule has 1 amide bonds. The van der Waals surface area contributed by atoms with Crippen molar-refractivity contribution in [2.75, 3.05) is 17.6 Å². The molecule has 17 heavy (non-hydrogen) atoms. The fourth-order valence-corrected chi connectivity index (χ4v) is 1.49. The number of nitrogens with two attached hydrogens (primary N) is 1. The fourth-order valence-electron chi connectivity index (χ4n) is 1.49. The van der Waals surface area contributed by atoms with Gasteiger partial charge in [0.2, 0.25) is 5.91 Å². The summed E-state index contributed by atoms with van der Waals surface area (Å²) in [6.07, 6.45) is 4.35. The molecule has 5 nitrogen and oxygen atoms in total. The lowest BCUT2D eigenvalue weighted by atomic mass is 10.2. The van der Waals surface area contributed by atoms with E-state index in [0.29, 0.717) is 24.7 Å². The van der Waals surface area contributed by atoms with Gasteiger partial charge in [-0.1, -0.05) is 0 Å². The van der Waals surface area contributed by atoms with Gasteiger partial charge in [0.15, 0.2) is 0 Å². The smallest absolute Gasteiger partial charge is 0.221 e. The van der Waals surface area contributed by atoms with Crippen LogP contribution in [-0.2, 0) is 4.79 Å². The maximum atomic E-state index is 11.4. The van der Waals surface area contributed by atoms with E-state index in [2.05, 4.69) is 15.6 Å². The molecule has 0 spiro atoms. The third kappa shape index (κ3) is 3.62. The molecule has 0 radical (unpaired) electrons. The van der Waals surface area contributed by atoms with Crippen LogP contribution < -0.4 is 16.4 Å². The fraction of sp³-hybridized carbons (Fsp3) is 0.500. The summed E-state index contributed by atoms with van der Waals surface area (Å²) in [5.74, 6) is 0.864. The van der Waals surface area contributed by atoms with E-state index in [1.54, 1.807) is 6.20 Å². The number of nitrogens with one attached hydrogen (secondary N) is 2. The molecule has 0 bridgehead atoms. The Kier molecular flexibility index (Phi) is 3.46. The summed E-state index contributed by atoms with van der Waals surface area (Å²) in [4.78, 5) is 15.6. The van der Waals surface area contributed by atoms with Crippen LogP contribution in [0.15, 0.2) is 12.3 Å². The van der Waals surface area contributed by atoms with Gasteiger partial charge in [-0.3, -0.25) is 4.79 Å². The third-order valence-corrected chi connectivity index (χ3v) is 2.75. The topological polar surface area (TPSA) is 80.0 Å². The summed E-state index contributed by atoms with van der Waals surface area (Å²) < 4.78 is 0. The second-order valence-corrected chi connectivity index (χ2v) is 4.44. The number of hydrogen-bond acceptors (Lipinski definition) is 4. The van der Waals surface area contributed by atoms with Crippen LogP contribution in [0.3, 0.4) is 0 Å². The minimum atomic E-state index is 0.104. The molecule has 92 valence electrons. The van der Waals surface area contributed by atoms with Crippen molar-refractivity contribution in [2.45, 2.75) is 32.2 Å². The lowest BCUT2D eigenvalue weighted by molar-refractivity contribution is -0.120. The largest absolute Gasteiger partial charge is 0.397 e. The predicted molar refractivity (Wildman–Crippen MR) is 67.7 cm³/mol. The Hall–Kier alpha value is -1.78. The normalized spacial score (nSPS) is 14.4. The first-order valence-electron chi connectivity index (χ1n) is 5.90. The van der Waals surface area contributed by atoms with Gasteiger partial charge >= 0.3 is 0 Å². The lowest BCUT2D eigenvalue weighted by Crippen LogP contribution is -2.27. The molecule has 0 atom stereocenters. The number of carbonyl (C=O) groups excluding carboxylic acids is 1. The summed E-state index contributed by atoms with van der Waals surface area (Å²) in [5.41, 5.74) is 7.35. The summed E-state index contributed by atoms with van der Waals surface area (Å²) in [6.45, 7) is 2.52. The minimum Gasteiger partial charge on any atom is -0.397 e. The summed E-state index contributed by atoms with van der Waals surface area (Å²) in [7, 11) is 0. The maximum Gasteiger partial charge on any atom is 0.221 e. The highest BCUT2D eigenvalue weighted by atomic mass is 16.1. The third-order valence-electron chi connectivity index (χ3n) is 2.75. The summed E-state index contributed by atoms with van der Waals surface area (Å²) in [5, 5.41) is 6.05. The molecule has 0 aliphatic heterocycles. The van der Waals surface area contributed by atoms with Gasteiger partial charge < -0.3 is 16.4 Å². The number of aryl methyl sites for hydroxylation is 1. The van der Waals surface area contributed by atoms with Crippen LogP contribution in [0, 0.1) is 6.92 Å². The van der Waals surface area contributed by atoms with Crippen LogP contribution in [0.2, 0.25) is 0 Å². The first-order chi connectivity index (χ1) is 8.15. The standard InChI is InChI=1S/C12H18N4O/c1-8-6-11(15-7-10(8)13)14-5-4-12(17)16-9-2-3-9/h6-7,9H,2-5,13H2,1H3,(H,14,15)(H,16,17). The number of anilines is 2. The van der Waals surface area contributed by atoms with Gasteiger partial charge in [-0.25, -0.2) is 4.98 Å². The van der Waals surface area contributed by atoms with Crippen molar-refractivity contribution in [2.24, 2.45) is 0 Å². The van der Waals surface area contributed by atoms with Crippen LogP contribution in [0.25, 0.3) is 0 Å². The number of hydrogen-bond donors (Lipinski definition) is 3. The van der Waals surface area contributed by atoms with E-state index >= 15 is 0 Å². The first kappa shape index (κ1) is 11.7. The van der Waals surface area contributed by atoms with Gasteiger partial charge in [0.25, 0.3) is 0 Å². The molecule has 1 fully saturated rings. The SMILES string of the molecule is Cc1cc(NCCC(=O)NC2CC2)ncc1N. The Balaban J connectivity index is 1.73. The molecule has 0 unspecified atom stereocenters. The van der Waals surface area contributed by atoms with Crippen LogP contribution in [0.1, 0.15) is 24.8 Å². The van der Waals surface area contributed by atoms with Crippen molar-refractivity contribution in [3.8, 4) is 0 Å². The summed E-state index contributed by atoms with van der Waals surface area (Å²) in [6, 6.07) is 2.31. The van der Waals surface area contributed by atoms with Crippen molar-refractivity contribution in [1.29, 1.82) is 0 Å². The van der Waals surface area contributed by atoms with Crippen molar-refractivity contribution in [1.82, 2.24) is 10.3 Å². The average molecular weight is 234 g/mol. The average Bonchev–Trinajstić information content (AvgIpc) is 3.07. The Morgan fingerprint density at radius 2 is 2.35 bits per heavy atom. The molecule has 0 saturated heterocycles.